The Morgan fingerprint density at radius 2 is 2.18 bits per heavy atom. The molecule has 22 heavy (non-hydrogen) atoms. The summed E-state index contributed by atoms with van der Waals surface area (Å²) in [6, 6.07) is 3.32. The molecule has 2 N–H and O–H groups in total. The van der Waals surface area contributed by atoms with Crippen LogP contribution in [0.2, 0.25) is 0 Å². The minimum atomic E-state index is -3.72. The molecule has 0 aromatic heterocycles. The zero-order valence-electron chi connectivity index (χ0n) is 12.0. The Bertz CT molecular complexity index is 652. The lowest BCUT2D eigenvalue weighted by Crippen LogP contribution is -2.39. The molecule has 8 nitrogen and oxygen atoms in total. The van der Waals surface area contributed by atoms with E-state index in [2.05, 4.69) is 0 Å². The van der Waals surface area contributed by atoms with Crippen molar-refractivity contribution in [2.75, 3.05) is 20.2 Å². The molecule has 1 aliphatic rings. The molecule has 1 aromatic carbocycles. The second-order valence-electron chi connectivity index (χ2n) is 4.74. The molecule has 1 saturated heterocycles. The molecule has 0 spiro atoms. The molecular formula is C12H18ClN3O5S. The first-order valence-corrected chi connectivity index (χ1v) is 7.90. The predicted molar refractivity (Wildman–Crippen MR) is 82.9 cm³/mol. The second-order valence-corrected chi connectivity index (χ2v) is 6.63. The summed E-state index contributed by atoms with van der Waals surface area (Å²) in [5.41, 5.74) is 5.33. The van der Waals surface area contributed by atoms with E-state index in [0.717, 1.165) is 18.9 Å². The number of rotatable bonds is 5. The van der Waals surface area contributed by atoms with Crippen LogP contribution in [0.4, 0.5) is 5.69 Å². The number of nitro groups is 1. The van der Waals surface area contributed by atoms with Crippen molar-refractivity contribution in [3.8, 4) is 5.75 Å². The molecule has 1 aliphatic heterocycles. The van der Waals surface area contributed by atoms with Crippen LogP contribution in [-0.2, 0) is 10.0 Å². The molecule has 10 heteroatoms. The van der Waals surface area contributed by atoms with Crippen molar-refractivity contribution in [1.82, 2.24) is 4.31 Å². The van der Waals surface area contributed by atoms with E-state index in [-0.39, 0.29) is 41.3 Å². The first-order valence-electron chi connectivity index (χ1n) is 6.46. The molecule has 1 atom stereocenters. The molecule has 0 radical (unpaired) electrons. The van der Waals surface area contributed by atoms with Crippen molar-refractivity contribution in [3.05, 3.63) is 28.3 Å². The topological polar surface area (TPSA) is 116 Å². The Labute approximate surface area is 134 Å². The van der Waals surface area contributed by atoms with Crippen molar-refractivity contribution in [2.24, 2.45) is 5.73 Å². The summed E-state index contributed by atoms with van der Waals surface area (Å²) in [5, 5.41) is 10.8. The monoisotopic (exact) mass is 351 g/mol. The molecule has 0 amide bonds. The molecule has 2 rings (SSSR count). The minimum Gasteiger partial charge on any atom is -0.490 e. The van der Waals surface area contributed by atoms with Crippen LogP contribution >= 0.6 is 12.4 Å². The Morgan fingerprint density at radius 1 is 1.50 bits per heavy atom. The number of hydrogen-bond donors (Lipinski definition) is 1. The van der Waals surface area contributed by atoms with E-state index in [4.69, 9.17) is 10.5 Å². The van der Waals surface area contributed by atoms with Crippen LogP contribution in [0.15, 0.2) is 23.1 Å². The smallest absolute Gasteiger partial charge is 0.310 e. The highest BCUT2D eigenvalue weighted by Gasteiger charge is 2.35. The summed E-state index contributed by atoms with van der Waals surface area (Å²) < 4.78 is 31.5. The average molecular weight is 352 g/mol. The molecular weight excluding hydrogens is 334 g/mol. The number of hydrogen-bond acceptors (Lipinski definition) is 6. The number of halogens is 1. The van der Waals surface area contributed by atoms with Crippen LogP contribution in [0.25, 0.3) is 0 Å². The van der Waals surface area contributed by atoms with E-state index in [1.165, 1.54) is 23.5 Å². The van der Waals surface area contributed by atoms with Gasteiger partial charge in [-0.25, -0.2) is 8.42 Å². The highest BCUT2D eigenvalue weighted by Crippen LogP contribution is 2.32. The van der Waals surface area contributed by atoms with Crippen molar-refractivity contribution in [3.63, 3.8) is 0 Å². The van der Waals surface area contributed by atoms with E-state index < -0.39 is 14.9 Å². The molecule has 0 aliphatic carbocycles. The Hall–Kier alpha value is -1.42. The molecule has 1 aromatic rings. The van der Waals surface area contributed by atoms with Crippen molar-refractivity contribution in [2.45, 2.75) is 23.8 Å². The summed E-state index contributed by atoms with van der Waals surface area (Å²) in [6.45, 7) is 0.660. The Kier molecular flexibility index (Phi) is 6.12. The SMILES string of the molecule is COc1cc(S(=O)(=O)N2CCCC2CN)ccc1[N+](=O)[O-].Cl. The van der Waals surface area contributed by atoms with Crippen molar-refractivity contribution in [1.29, 1.82) is 0 Å². The Balaban J connectivity index is 0.00000242. The summed E-state index contributed by atoms with van der Waals surface area (Å²) >= 11 is 0. The van der Waals surface area contributed by atoms with Crippen LogP contribution in [0, 0.1) is 10.1 Å². The minimum absolute atomic E-state index is 0. The second kappa shape index (κ2) is 7.23. The fourth-order valence-electron chi connectivity index (χ4n) is 2.47. The highest BCUT2D eigenvalue weighted by atomic mass is 35.5. The maximum absolute atomic E-state index is 12.6. The quantitative estimate of drug-likeness (QED) is 0.628. The van der Waals surface area contributed by atoms with Crippen molar-refractivity contribution >= 4 is 28.1 Å². The molecule has 1 fully saturated rings. The van der Waals surface area contributed by atoms with Gasteiger partial charge in [0.05, 0.1) is 16.9 Å². The molecule has 124 valence electrons. The van der Waals surface area contributed by atoms with Gasteiger partial charge in [-0.3, -0.25) is 10.1 Å². The van der Waals surface area contributed by atoms with Crippen LogP contribution in [-0.4, -0.2) is 43.9 Å². The average Bonchev–Trinajstić information content (AvgIpc) is 2.95. The number of methoxy groups -OCH3 is 1. The number of nitrogens with two attached hydrogens (primary N) is 1. The lowest BCUT2D eigenvalue weighted by molar-refractivity contribution is -0.385. The van der Waals surface area contributed by atoms with Crippen LogP contribution in [0.3, 0.4) is 0 Å². The third-order valence-corrected chi connectivity index (χ3v) is 5.50. The zero-order chi connectivity index (χ0) is 15.6. The first-order chi connectivity index (χ1) is 9.91. The maximum atomic E-state index is 12.6. The highest BCUT2D eigenvalue weighted by molar-refractivity contribution is 7.89. The third-order valence-electron chi connectivity index (χ3n) is 3.55. The van der Waals surface area contributed by atoms with Gasteiger partial charge < -0.3 is 10.5 Å². The van der Waals surface area contributed by atoms with Crippen LogP contribution < -0.4 is 10.5 Å². The lowest BCUT2D eigenvalue weighted by Gasteiger charge is -2.22. The van der Waals surface area contributed by atoms with Gasteiger partial charge >= 0.3 is 5.69 Å². The maximum Gasteiger partial charge on any atom is 0.310 e. The molecule has 0 bridgehead atoms. The van der Waals surface area contributed by atoms with Gasteiger partial charge in [0.2, 0.25) is 10.0 Å². The summed E-state index contributed by atoms with van der Waals surface area (Å²) in [7, 11) is -2.46. The number of benzene rings is 1. The standard InChI is InChI=1S/C12H17N3O5S.ClH/c1-20-12-7-10(4-5-11(12)15(16)17)21(18,19)14-6-2-3-9(14)8-13;/h4-5,7,9H,2-3,6,8,13H2,1H3;1H. The largest absolute Gasteiger partial charge is 0.490 e. The van der Waals surface area contributed by atoms with E-state index in [0.29, 0.717) is 6.54 Å². The van der Waals surface area contributed by atoms with E-state index >= 15 is 0 Å². The van der Waals surface area contributed by atoms with Gasteiger partial charge in [0.25, 0.3) is 0 Å². The fourth-order valence-corrected chi connectivity index (χ4v) is 4.19. The van der Waals surface area contributed by atoms with Crippen LogP contribution in [0.5, 0.6) is 5.75 Å². The van der Waals surface area contributed by atoms with Gasteiger partial charge in [-0.15, -0.1) is 12.4 Å². The summed E-state index contributed by atoms with van der Waals surface area (Å²) in [4.78, 5) is 10.2. The number of sulfonamides is 1. The van der Waals surface area contributed by atoms with E-state index in [1.54, 1.807) is 0 Å². The third kappa shape index (κ3) is 3.32. The van der Waals surface area contributed by atoms with E-state index in [9.17, 15) is 18.5 Å². The number of ether oxygens (including phenoxy) is 1. The molecule has 0 saturated carbocycles. The van der Waals surface area contributed by atoms with Gasteiger partial charge in [0, 0.05) is 31.3 Å². The predicted octanol–water partition coefficient (Wildman–Crippen LogP) is 1.14. The summed E-state index contributed by atoms with van der Waals surface area (Å²) in [6.07, 6.45) is 1.48. The molecule has 1 heterocycles. The summed E-state index contributed by atoms with van der Waals surface area (Å²) in [5.74, 6) is -0.0791. The van der Waals surface area contributed by atoms with Crippen LogP contribution in [0.1, 0.15) is 12.8 Å². The van der Waals surface area contributed by atoms with Gasteiger partial charge in [-0.2, -0.15) is 4.31 Å². The van der Waals surface area contributed by atoms with Gasteiger partial charge in [-0.05, 0) is 18.9 Å². The number of nitro benzene ring substituents is 1. The fraction of sp³-hybridized carbons (Fsp3) is 0.500. The van der Waals surface area contributed by atoms with Gasteiger partial charge in [0.15, 0.2) is 5.75 Å². The molecule has 1 unspecified atom stereocenters. The van der Waals surface area contributed by atoms with E-state index in [1.807, 2.05) is 0 Å². The van der Waals surface area contributed by atoms with Gasteiger partial charge in [0.1, 0.15) is 0 Å². The zero-order valence-corrected chi connectivity index (χ0v) is 13.6. The van der Waals surface area contributed by atoms with Gasteiger partial charge in [-0.1, -0.05) is 0 Å². The normalized spacial score (nSPS) is 18.7. The lowest BCUT2D eigenvalue weighted by atomic mass is 10.2. The Morgan fingerprint density at radius 3 is 2.73 bits per heavy atom. The van der Waals surface area contributed by atoms with Crippen molar-refractivity contribution < 1.29 is 18.1 Å². The number of nitrogens with zero attached hydrogens (tertiary/aromatic N) is 2. The first kappa shape index (κ1) is 18.6.